The van der Waals surface area contributed by atoms with Crippen LogP contribution >= 0.6 is 0 Å². The molecule has 4 nitrogen and oxygen atoms in total. The highest BCUT2D eigenvalue weighted by Gasteiger charge is 2.32. The zero-order valence-electron chi connectivity index (χ0n) is 10.3. The predicted molar refractivity (Wildman–Crippen MR) is 68.0 cm³/mol. The maximum atomic E-state index is 13.7. The van der Waals surface area contributed by atoms with Gasteiger partial charge in [-0.15, -0.1) is 0 Å². The Morgan fingerprint density at radius 2 is 2.11 bits per heavy atom. The van der Waals surface area contributed by atoms with E-state index in [1.807, 2.05) is 0 Å². The molecule has 1 aliphatic carbocycles. The molecule has 0 aliphatic heterocycles. The lowest BCUT2D eigenvalue weighted by molar-refractivity contribution is 0.408. The monoisotopic (exact) mass is 272 g/mol. The lowest BCUT2D eigenvalue weighted by atomic mass is 10.3. The van der Waals surface area contributed by atoms with Crippen molar-refractivity contribution in [3.63, 3.8) is 0 Å². The molecule has 0 saturated heterocycles. The molecule has 0 bridgehead atoms. The summed E-state index contributed by atoms with van der Waals surface area (Å²) in [5, 5.41) is 0. The van der Waals surface area contributed by atoms with E-state index in [1.54, 1.807) is 6.92 Å². The maximum absolute atomic E-state index is 13.7. The first-order chi connectivity index (χ1) is 8.45. The minimum atomic E-state index is -3.75. The van der Waals surface area contributed by atoms with Crippen LogP contribution in [0.5, 0.6) is 0 Å². The number of hydrogen-bond donors (Lipinski definition) is 1. The fourth-order valence-corrected chi connectivity index (χ4v) is 3.42. The van der Waals surface area contributed by atoms with E-state index < -0.39 is 15.8 Å². The quantitative estimate of drug-likeness (QED) is 0.832. The van der Waals surface area contributed by atoms with Crippen molar-refractivity contribution in [3.05, 3.63) is 24.0 Å². The van der Waals surface area contributed by atoms with Crippen LogP contribution in [0, 0.1) is 11.7 Å². The summed E-state index contributed by atoms with van der Waals surface area (Å²) in [4.78, 5) is -0.292. The van der Waals surface area contributed by atoms with Gasteiger partial charge in [0.1, 0.15) is 10.7 Å². The van der Waals surface area contributed by atoms with Gasteiger partial charge in [0, 0.05) is 18.8 Å². The van der Waals surface area contributed by atoms with Gasteiger partial charge in [-0.3, -0.25) is 0 Å². The van der Waals surface area contributed by atoms with Crippen molar-refractivity contribution in [2.45, 2.75) is 24.7 Å². The molecular formula is C12H17FN2O2S. The van der Waals surface area contributed by atoms with E-state index in [9.17, 15) is 12.8 Å². The first-order valence-electron chi connectivity index (χ1n) is 6.00. The van der Waals surface area contributed by atoms with Gasteiger partial charge >= 0.3 is 0 Å². The number of anilines is 1. The lowest BCUT2D eigenvalue weighted by Crippen LogP contribution is -2.33. The third-order valence-corrected chi connectivity index (χ3v) is 5.06. The zero-order chi connectivity index (χ0) is 13.3. The third kappa shape index (κ3) is 2.64. The van der Waals surface area contributed by atoms with Crippen LogP contribution < -0.4 is 5.73 Å². The molecule has 0 amide bonds. The Labute approximate surface area is 107 Å². The number of nitrogens with two attached hydrogens (primary N) is 1. The van der Waals surface area contributed by atoms with Gasteiger partial charge < -0.3 is 5.73 Å². The van der Waals surface area contributed by atoms with Crippen LogP contribution in [0.3, 0.4) is 0 Å². The molecule has 6 heteroatoms. The van der Waals surface area contributed by atoms with Crippen LogP contribution in [-0.4, -0.2) is 25.8 Å². The molecule has 2 rings (SSSR count). The van der Waals surface area contributed by atoms with E-state index in [4.69, 9.17) is 5.73 Å². The second kappa shape index (κ2) is 4.85. The number of halogens is 1. The van der Waals surface area contributed by atoms with Crippen molar-refractivity contribution in [1.29, 1.82) is 0 Å². The van der Waals surface area contributed by atoms with E-state index in [0.29, 0.717) is 19.0 Å². The fourth-order valence-electron chi connectivity index (χ4n) is 1.85. The largest absolute Gasteiger partial charge is 0.399 e. The number of rotatable bonds is 5. The van der Waals surface area contributed by atoms with Crippen molar-refractivity contribution in [2.24, 2.45) is 5.92 Å². The van der Waals surface area contributed by atoms with E-state index >= 15 is 0 Å². The van der Waals surface area contributed by atoms with Crippen molar-refractivity contribution >= 4 is 15.7 Å². The smallest absolute Gasteiger partial charge is 0.245 e. The van der Waals surface area contributed by atoms with E-state index in [1.165, 1.54) is 16.4 Å². The van der Waals surface area contributed by atoms with Crippen molar-refractivity contribution < 1.29 is 12.8 Å². The standard InChI is InChI=1S/C12H17FN2O2S/c1-2-15(8-9-3-4-9)18(16,17)12-6-5-10(14)7-11(12)13/h5-7,9H,2-4,8,14H2,1H3. The highest BCUT2D eigenvalue weighted by molar-refractivity contribution is 7.89. The molecular weight excluding hydrogens is 255 g/mol. The highest BCUT2D eigenvalue weighted by Crippen LogP contribution is 2.32. The normalized spacial score (nSPS) is 16.2. The molecule has 1 aromatic rings. The minimum Gasteiger partial charge on any atom is -0.399 e. The van der Waals surface area contributed by atoms with Gasteiger partial charge in [-0.05, 0) is 37.0 Å². The van der Waals surface area contributed by atoms with Crippen LogP contribution in [0.2, 0.25) is 0 Å². The number of nitrogen functional groups attached to an aromatic ring is 1. The van der Waals surface area contributed by atoms with Gasteiger partial charge in [-0.25, -0.2) is 12.8 Å². The second-order valence-corrected chi connectivity index (χ2v) is 6.50. The van der Waals surface area contributed by atoms with Crippen LogP contribution in [-0.2, 0) is 10.0 Å². The van der Waals surface area contributed by atoms with Gasteiger partial charge in [-0.1, -0.05) is 6.92 Å². The Balaban J connectivity index is 2.32. The summed E-state index contributed by atoms with van der Waals surface area (Å²) in [7, 11) is -3.75. The highest BCUT2D eigenvalue weighted by atomic mass is 32.2. The summed E-state index contributed by atoms with van der Waals surface area (Å²) >= 11 is 0. The second-order valence-electron chi connectivity index (χ2n) is 4.59. The van der Waals surface area contributed by atoms with E-state index in [0.717, 1.165) is 18.9 Å². The van der Waals surface area contributed by atoms with E-state index in [2.05, 4.69) is 0 Å². The summed E-state index contributed by atoms with van der Waals surface area (Å²) in [6.45, 7) is 2.58. The molecule has 0 heterocycles. The van der Waals surface area contributed by atoms with Gasteiger partial charge in [0.25, 0.3) is 0 Å². The van der Waals surface area contributed by atoms with Crippen molar-refractivity contribution in [1.82, 2.24) is 4.31 Å². The molecule has 100 valence electrons. The van der Waals surface area contributed by atoms with Gasteiger partial charge in [0.05, 0.1) is 0 Å². The molecule has 0 aromatic heterocycles. The summed E-state index contributed by atoms with van der Waals surface area (Å²) < 4.78 is 39.7. The molecule has 0 radical (unpaired) electrons. The minimum absolute atomic E-state index is 0.219. The molecule has 0 spiro atoms. The Bertz CT molecular complexity index is 541. The Hall–Kier alpha value is -1.14. The van der Waals surface area contributed by atoms with Gasteiger partial charge in [-0.2, -0.15) is 4.31 Å². The Morgan fingerprint density at radius 3 is 2.61 bits per heavy atom. The number of benzene rings is 1. The summed E-state index contributed by atoms with van der Waals surface area (Å²) in [6, 6.07) is 3.67. The van der Waals surface area contributed by atoms with Crippen LogP contribution in [0.15, 0.2) is 23.1 Å². The zero-order valence-corrected chi connectivity index (χ0v) is 11.1. The SMILES string of the molecule is CCN(CC1CC1)S(=O)(=O)c1ccc(N)cc1F. The number of nitrogens with zero attached hydrogens (tertiary/aromatic N) is 1. The Kier molecular flexibility index (Phi) is 3.59. The summed E-state index contributed by atoms with van der Waals surface area (Å²) in [5.74, 6) is -0.360. The van der Waals surface area contributed by atoms with Gasteiger partial charge in [0.15, 0.2) is 0 Å². The van der Waals surface area contributed by atoms with Crippen LogP contribution in [0.4, 0.5) is 10.1 Å². The molecule has 18 heavy (non-hydrogen) atoms. The number of hydrogen-bond acceptors (Lipinski definition) is 3. The maximum Gasteiger partial charge on any atom is 0.245 e. The van der Waals surface area contributed by atoms with Crippen LogP contribution in [0.25, 0.3) is 0 Å². The van der Waals surface area contributed by atoms with Crippen molar-refractivity contribution in [2.75, 3.05) is 18.8 Å². The molecule has 0 unspecified atom stereocenters. The molecule has 2 N–H and O–H groups in total. The van der Waals surface area contributed by atoms with Crippen molar-refractivity contribution in [3.8, 4) is 0 Å². The predicted octanol–water partition coefficient (Wildman–Crippen LogP) is 1.83. The molecule has 1 saturated carbocycles. The molecule has 1 fully saturated rings. The van der Waals surface area contributed by atoms with Crippen LogP contribution in [0.1, 0.15) is 19.8 Å². The topological polar surface area (TPSA) is 63.4 Å². The Morgan fingerprint density at radius 1 is 1.44 bits per heavy atom. The lowest BCUT2D eigenvalue weighted by Gasteiger charge is -2.20. The first kappa shape index (κ1) is 13.3. The van der Waals surface area contributed by atoms with E-state index in [-0.39, 0.29) is 10.6 Å². The molecule has 1 aromatic carbocycles. The summed E-state index contributed by atoms with van der Waals surface area (Å²) in [6.07, 6.45) is 2.10. The summed E-state index contributed by atoms with van der Waals surface area (Å²) in [5.41, 5.74) is 5.64. The molecule has 0 atom stereocenters. The average Bonchev–Trinajstić information content (AvgIpc) is 3.08. The van der Waals surface area contributed by atoms with Gasteiger partial charge in [0.2, 0.25) is 10.0 Å². The number of sulfonamides is 1. The molecule has 1 aliphatic rings. The fraction of sp³-hybridized carbons (Fsp3) is 0.500. The first-order valence-corrected chi connectivity index (χ1v) is 7.44. The average molecular weight is 272 g/mol. The third-order valence-electron chi connectivity index (χ3n) is 3.09.